The highest BCUT2D eigenvalue weighted by Gasteiger charge is 2.04. The van der Waals surface area contributed by atoms with Crippen molar-refractivity contribution in [2.75, 3.05) is 0 Å². The highest BCUT2D eigenvalue weighted by Crippen LogP contribution is 2.20. The molecule has 0 nitrogen and oxygen atoms in total. The van der Waals surface area contributed by atoms with Crippen molar-refractivity contribution in [1.82, 2.24) is 0 Å². The van der Waals surface area contributed by atoms with E-state index in [-0.39, 0.29) is 0 Å². The first-order valence-electron chi connectivity index (χ1n) is 4.23. The Labute approximate surface area is 66.3 Å². The molecule has 0 aromatic rings. The minimum Gasteiger partial charge on any atom is -0.130 e. The van der Waals surface area contributed by atoms with Crippen LogP contribution < -0.4 is 0 Å². The molecule has 0 saturated heterocycles. The largest absolute Gasteiger partial charge is 0.130 e. The lowest BCUT2D eigenvalue weighted by Crippen LogP contribution is -2.00. The van der Waals surface area contributed by atoms with Gasteiger partial charge < -0.3 is 0 Å². The molecule has 0 aromatic carbocycles. The van der Waals surface area contributed by atoms with Crippen LogP contribution in [-0.2, 0) is 0 Å². The molecule has 3 unspecified atom stereocenters. The Morgan fingerprint density at radius 2 is 1.90 bits per heavy atom. The maximum Gasteiger partial charge on any atom is -0.00856 e. The van der Waals surface area contributed by atoms with Crippen LogP contribution in [0.5, 0.6) is 0 Å². The fourth-order valence-corrected chi connectivity index (χ4v) is 1.74. The van der Waals surface area contributed by atoms with E-state index in [9.17, 15) is 0 Å². The van der Waals surface area contributed by atoms with Crippen molar-refractivity contribution < 1.29 is 0 Å². The van der Waals surface area contributed by atoms with E-state index in [1.54, 1.807) is 0 Å². The molecule has 1 rings (SSSR count). The van der Waals surface area contributed by atoms with Crippen molar-refractivity contribution in [1.29, 1.82) is 0 Å². The predicted molar refractivity (Wildman–Crippen MR) is 50.3 cm³/mol. The van der Waals surface area contributed by atoms with Crippen LogP contribution in [0.1, 0.15) is 32.6 Å². The highest BCUT2D eigenvalue weighted by molar-refractivity contribution is 7.17. The third-order valence-corrected chi connectivity index (χ3v) is 2.69. The zero-order valence-corrected chi connectivity index (χ0v) is 7.87. The van der Waals surface area contributed by atoms with Crippen LogP contribution in [0.4, 0.5) is 0 Å². The normalized spacial score (nSPS) is 38.2. The average molecular weight is 156 g/mol. The van der Waals surface area contributed by atoms with E-state index in [2.05, 4.69) is 28.3 Å². The summed E-state index contributed by atoms with van der Waals surface area (Å²) in [5.74, 6) is 0.809. The minimum absolute atomic E-state index is 0.739. The van der Waals surface area contributed by atoms with E-state index >= 15 is 0 Å². The van der Waals surface area contributed by atoms with Crippen LogP contribution in [0, 0.1) is 5.92 Å². The lowest BCUT2D eigenvalue weighted by molar-refractivity contribution is 0.555. The van der Waals surface area contributed by atoms with Crippen molar-refractivity contribution in [2.24, 2.45) is 5.92 Å². The standard InChI is InChI=1S/C9H17P/c1-8-4-2-3-5-9(10)7-6-8/h6-9H,2-5,10H2,1H3/b7-6-. The van der Waals surface area contributed by atoms with Gasteiger partial charge in [-0.25, -0.2) is 0 Å². The highest BCUT2D eigenvalue weighted by atomic mass is 31.0. The van der Waals surface area contributed by atoms with Crippen LogP contribution in [0.25, 0.3) is 0 Å². The monoisotopic (exact) mass is 156 g/mol. The van der Waals surface area contributed by atoms with E-state index in [1.165, 1.54) is 25.7 Å². The molecule has 0 aromatic heterocycles. The van der Waals surface area contributed by atoms with E-state index in [4.69, 9.17) is 0 Å². The number of allylic oxidation sites excluding steroid dienone is 2. The third-order valence-electron chi connectivity index (χ3n) is 2.13. The Hall–Kier alpha value is 0.170. The number of hydrogen-bond acceptors (Lipinski definition) is 0. The minimum atomic E-state index is 0.739. The predicted octanol–water partition coefficient (Wildman–Crippen LogP) is 3.00. The van der Waals surface area contributed by atoms with Crippen LogP contribution >= 0.6 is 9.24 Å². The molecule has 0 spiro atoms. The Bertz CT molecular complexity index is 104. The lowest BCUT2D eigenvalue weighted by atomic mass is 9.98. The van der Waals surface area contributed by atoms with Crippen molar-refractivity contribution in [2.45, 2.75) is 38.3 Å². The van der Waals surface area contributed by atoms with Gasteiger partial charge in [0.15, 0.2) is 0 Å². The molecule has 0 fully saturated rings. The molecule has 1 aliphatic rings. The van der Waals surface area contributed by atoms with Crippen molar-refractivity contribution in [3.05, 3.63) is 12.2 Å². The van der Waals surface area contributed by atoms with Gasteiger partial charge >= 0.3 is 0 Å². The molecule has 0 radical (unpaired) electrons. The van der Waals surface area contributed by atoms with Gasteiger partial charge in [-0.05, 0) is 24.4 Å². The van der Waals surface area contributed by atoms with Gasteiger partial charge in [0.05, 0.1) is 0 Å². The molecular weight excluding hydrogens is 139 g/mol. The summed E-state index contributed by atoms with van der Waals surface area (Å²) in [6, 6.07) is 0. The zero-order valence-electron chi connectivity index (χ0n) is 6.72. The van der Waals surface area contributed by atoms with E-state index < -0.39 is 0 Å². The molecule has 0 N–H and O–H groups in total. The van der Waals surface area contributed by atoms with E-state index in [0.29, 0.717) is 0 Å². The first-order chi connectivity index (χ1) is 4.79. The van der Waals surface area contributed by atoms with Crippen LogP contribution in [0.2, 0.25) is 0 Å². The van der Waals surface area contributed by atoms with Gasteiger partial charge in [0.2, 0.25) is 0 Å². The number of rotatable bonds is 0. The third kappa shape index (κ3) is 2.84. The zero-order chi connectivity index (χ0) is 7.40. The van der Waals surface area contributed by atoms with Gasteiger partial charge in [0, 0.05) is 0 Å². The summed E-state index contributed by atoms with van der Waals surface area (Å²) in [7, 11) is 2.89. The smallest absolute Gasteiger partial charge is 0.00856 e. The summed E-state index contributed by atoms with van der Waals surface area (Å²) >= 11 is 0. The summed E-state index contributed by atoms with van der Waals surface area (Å²) in [4.78, 5) is 0. The van der Waals surface area contributed by atoms with Gasteiger partial charge in [0.25, 0.3) is 0 Å². The fourth-order valence-electron chi connectivity index (χ4n) is 1.37. The van der Waals surface area contributed by atoms with E-state index in [0.717, 1.165) is 11.6 Å². The molecule has 0 bridgehead atoms. The summed E-state index contributed by atoms with van der Waals surface area (Å²) in [5.41, 5.74) is 0.739. The first-order valence-corrected chi connectivity index (χ1v) is 4.89. The fraction of sp³-hybridized carbons (Fsp3) is 0.778. The van der Waals surface area contributed by atoms with Gasteiger partial charge in [-0.3, -0.25) is 0 Å². The topological polar surface area (TPSA) is 0 Å². The Balaban J connectivity index is 2.42. The summed E-state index contributed by atoms with van der Waals surface area (Å²) in [6.07, 6.45) is 10.3. The van der Waals surface area contributed by atoms with Gasteiger partial charge in [-0.1, -0.05) is 31.9 Å². The van der Waals surface area contributed by atoms with Crippen molar-refractivity contribution in [3.63, 3.8) is 0 Å². The quantitative estimate of drug-likeness (QED) is 0.373. The lowest BCUT2D eigenvalue weighted by Gasteiger charge is -2.13. The molecule has 0 aliphatic heterocycles. The Morgan fingerprint density at radius 3 is 2.70 bits per heavy atom. The van der Waals surface area contributed by atoms with E-state index in [1.807, 2.05) is 0 Å². The molecule has 58 valence electrons. The Kier molecular flexibility index (Phi) is 3.42. The maximum atomic E-state index is 2.89. The molecule has 1 heteroatoms. The molecule has 0 saturated carbocycles. The van der Waals surface area contributed by atoms with Gasteiger partial charge in [-0.15, -0.1) is 9.24 Å². The molecular formula is C9H17P. The summed E-state index contributed by atoms with van der Waals surface area (Å²) in [6.45, 7) is 2.30. The average Bonchev–Trinajstić information content (AvgIpc) is 1.90. The molecule has 10 heavy (non-hydrogen) atoms. The second kappa shape index (κ2) is 4.13. The summed E-state index contributed by atoms with van der Waals surface area (Å²) in [5, 5.41) is 0. The second-order valence-electron chi connectivity index (χ2n) is 3.31. The second-order valence-corrected chi connectivity index (χ2v) is 4.17. The molecule has 0 amide bonds. The summed E-state index contributed by atoms with van der Waals surface area (Å²) < 4.78 is 0. The first kappa shape index (κ1) is 8.27. The number of hydrogen-bond donors (Lipinski definition) is 0. The molecule has 3 atom stereocenters. The van der Waals surface area contributed by atoms with Gasteiger partial charge in [0.1, 0.15) is 0 Å². The van der Waals surface area contributed by atoms with Crippen LogP contribution in [0.15, 0.2) is 12.2 Å². The molecule has 1 aliphatic carbocycles. The maximum absolute atomic E-state index is 2.89. The van der Waals surface area contributed by atoms with Crippen LogP contribution in [0.3, 0.4) is 0 Å². The molecule has 0 heterocycles. The SMILES string of the molecule is CC1/C=C\C(P)CCCC1. The van der Waals surface area contributed by atoms with Crippen LogP contribution in [-0.4, -0.2) is 5.66 Å². The van der Waals surface area contributed by atoms with Crippen molar-refractivity contribution in [3.8, 4) is 0 Å². The van der Waals surface area contributed by atoms with Gasteiger partial charge in [-0.2, -0.15) is 0 Å². The van der Waals surface area contributed by atoms with Crippen molar-refractivity contribution >= 4 is 9.24 Å². The Morgan fingerprint density at radius 1 is 1.20 bits per heavy atom.